The second kappa shape index (κ2) is 25.4. The monoisotopic (exact) mass is 1060 g/mol. The number of pyridine rings is 1. The number of rotatable bonds is 19. The van der Waals surface area contributed by atoms with Gasteiger partial charge < -0.3 is 53.7 Å². The van der Waals surface area contributed by atoms with Crippen molar-refractivity contribution < 1.29 is 65.3 Å². The van der Waals surface area contributed by atoms with Gasteiger partial charge in [-0.25, -0.2) is 36.8 Å². The second-order valence-corrected chi connectivity index (χ2v) is 18.3. The van der Waals surface area contributed by atoms with Crippen molar-refractivity contribution in [2.24, 2.45) is 11.7 Å². The molecule has 2 unspecified atom stereocenters. The van der Waals surface area contributed by atoms with Crippen LogP contribution in [0.3, 0.4) is 0 Å². The van der Waals surface area contributed by atoms with Crippen molar-refractivity contribution in [3.8, 4) is 11.4 Å². The van der Waals surface area contributed by atoms with Crippen molar-refractivity contribution in [3.05, 3.63) is 137 Å². The number of aliphatic hydroxyl groups excluding tert-OH is 1. The van der Waals surface area contributed by atoms with Crippen LogP contribution >= 0.6 is 0 Å². The van der Waals surface area contributed by atoms with Crippen LogP contribution in [-0.2, 0) is 53.5 Å². The van der Waals surface area contributed by atoms with Crippen LogP contribution in [0.4, 0.5) is 30.8 Å². The first-order valence-corrected chi connectivity index (χ1v) is 24.9. The Hall–Kier alpha value is -7.20. The zero-order valence-electron chi connectivity index (χ0n) is 41.6. The predicted molar refractivity (Wildman–Crippen MR) is 262 cm³/mol. The van der Waals surface area contributed by atoms with Gasteiger partial charge in [0, 0.05) is 85.9 Å². The van der Waals surface area contributed by atoms with E-state index in [0.717, 1.165) is 43.6 Å². The third kappa shape index (κ3) is 13.8. The summed E-state index contributed by atoms with van der Waals surface area (Å²) in [5, 5.41) is 27.4. The minimum absolute atomic E-state index is 0.0600. The number of esters is 1. The molecule has 2 fully saturated rings. The average molecular weight is 1060 g/mol. The Bertz CT molecular complexity index is 2940. The Morgan fingerprint density at radius 1 is 1.01 bits per heavy atom. The third-order valence-corrected chi connectivity index (χ3v) is 13.0. The number of hydrogen-bond donors (Lipinski definition) is 2. The number of aromatic nitrogens is 7. The normalized spacial score (nSPS) is 18.1. The fourth-order valence-corrected chi connectivity index (χ4v) is 8.97. The summed E-state index contributed by atoms with van der Waals surface area (Å²) in [6, 6.07) is 22.1. The SMILES string of the molecule is CC[C@@H]([C@H](C)O)n1ncn(-c2ccc(N3CCN(c4ccc(OC[C@@H]5CO[C@@](Cn6c[n+](C(C)OC(=O)N(C)c7ncccc7COC(=O)CN)cn6)(c6ccc(F)cc6F)C5)cc4)CC3)cc2)c1=O.O=S([O-])O[O-]. The number of amides is 1. The lowest BCUT2D eigenvalue weighted by molar-refractivity contribution is -0.753. The van der Waals surface area contributed by atoms with E-state index in [1.165, 1.54) is 52.2 Å². The molecule has 0 bridgehead atoms. The van der Waals surface area contributed by atoms with E-state index in [9.17, 15) is 23.9 Å². The van der Waals surface area contributed by atoms with Gasteiger partial charge >= 0.3 is 17.8 Å². The number of nitrogens with two attached hydrogens (primary N) is 1. The first-order valence-electron chi connectivity index (χ1n) is 23.9. The van der Waals surface area contributed by atoms with Gasteiger partial charge in [0.25, 0.3) is 6.33 Å². The van der Waals surface area contributed by atoms with E-state index < -0.39 is 59.0 Å². The minimum Gasteiger partial charge on any atom is -0.750 e. The highest BCUT2D eigenvalue weighted by Crippen LogP contribution is 2.42. The molecule has 23 nitrogen and oxygen atoms in total. The number of halogens is 2. The second-order valence-electron chi connectivity index (χ2n) is 17.8. The molecule has 75 heavy (non-hydrogen) atoms. The van der Waals surface area contributed by atoms with E-state index in [0.29, 0.717) is 29.8 Å². The molecular formula is C49H58F2N11O12S-. The number of carbonyl (C=O) groups is 2. The van der Waals surface area contributed by atoms with Crippen molar-refractivity contribution in [1.82, 2.24) is 29.1 Å². The van der Waals surface area contributed by atoms with E-state index in [2.05, 4.69) is 29.3 Å². The fourth-order valence-electron chi connectivity index (χ4n) is 8.97. The van der Waals surface area contributed by atoms with E-state index in [-0.39, 0.29) is 55.9 Å². The summed E-state index contributed by atoms with van der Waals surface area (Å²) in [7, 11) is 1.48. The highest BCUT2D eigenvalue weighted by Gasteiger charge is 2.46. The van der Waals surface area contributed by atoms with Crippen molar-refractivity contribution >= 4 is 40.6 Å². The molecule has 3 aromatic heterocycles. The lowest BCUT2D eigenvalue weighted by Gasteiger charge is -2.37. The Morgan fingerprint density at radius 3 is 2.28 bits per heavy atom. The van der Waals surface area contributed by atoms with Crippen LogP contribution < -0.4 is 40.7 Å². The smallest absolute Gasteiger partial charge is 0.418 e. The van der Waals surface area contributed by atoms with E-state index in [4.69, 9.17) is 38.7 Å². The Labute approximate surface area is 432 Å². The van der Waals surface area contributed by atoms with Crippen LogP contribution in [0.25, 0.3) is 5.69 Å². The molecule has 2 aliphatic heterocycles. The summed E-state index contributed by atoms with van der Waals surface area (Å²) in [5.41, 5.74) is 7.31. The predicted octanol–water partition coefficient (Wildman–Crippen LogP) is 2.73. The number of ether oxygens (including phenoxy) is 4. The quantitative estimate of drug-likeness (QED) is 0.0388. The lowest BCUT2D eigenvalue weighted by atomic mass is 9.87. The molecule has 2 saturated heterocycles. The maximum absolute atomic E-state index is 15.6. The number of anilines is 3. The van der Waals surface area contributed by atoms with Crippen molar-refractivity contribution in [2.45, 2.75) is 70.7 Å². The van der Waals surface area contributed by atoms with Crippen LogP contribution in [0.1, 0.15) is 57.0 Å². The third-order valence-electron chi connectivity index (χ3n) is 12.9. The summed E-state index contributed by atoms with van der Waals surface area (Å²) >= 11 is -2.88. The number of carbonyl (C=O) groups excluding carboxylic acids is 2. The topological polar surface area (TPSA) is 274 Å². The molecule has 26 heteroatoms. The van der Waals surface area contributed by atoms with Gasteiger partial charge in [-0.3, -0.25) is 9.69 Å². The van der Waals surface area contributed by atoms with E-state index in [1.54, 1.807) is 41.6 Å². The van der Waals surface area contributed by atoms with Gasteiger partial charge in [-0.1, -0.05) is 19.1 Å². The number of aliphatic hydroxyl groups is 1. The van der Waals surface area contributed by atoms with Gasteiger partial charge in [0.05, 0.1) is 49.0 Å². The van der Waals surface area contributed by atoms with Gasteiger partial charge in [-0.2, -0.15) is 9.67 Å². The molecule has 6 aromatic rings. The molecule has 5 heterocycles. The largest absolute Gasteiger partial charge is 0.750 e. The number of benzene rings is 3. The molecule has 1 amide bonds. The zero-order valence-corrected chi connectivity index (χ0v) is 42.4. The maximum Gasteiger partial charge on any atom is 0.418 e. The molecule has 2 aliphatic rings. The average Bonchev–Trinajstić information content (AvgIpc) is 4.17. The summed E-state index contributed by atoms with van der Waals surface area (Å²) in [5.74, 6) is -1.31. The van der Waals surface area contributed by atoms with Crippen LogP contribution in [0.5, 0.6) is 5.75 Å². The Morgan fingerprint density at radius 2 is 1.67 bits per heavy atom. The summed E-state index contributed by atoms with van der Waals surface area (Å²) in [6.45, 7) is 8.59. The molecule has 0 radical (unpaired) electrons. The minimum atomic E-state index is -2.88. The van der Waals surface area contributed by atoms with Gasteiger partial charge in [-0.15, -0.1) is 4.68 Å². The lowest BCUT2D eigenvalue weighted by Crippen LogP contribution is -2.46. The van der Waals surface area contributed by atoms with E-state index >= 15 is 4.39 Å². The molecule has 3 aromatic carbocycles. The van der Waals surface area contributed by atoms with Crippen molar-refractivity contribution in [1.29, 1.82) is 0 Å². The molecule has 402 valence electrons. The van der Waals surface area contributed by atoms with Gasteiger partial charge in [0.2, 0.25) is 12.6 Å². The molecule has 0 saturated carbocycles. The maximum atomic E-state index is 15.6. The van der Waals surface area contributed by atoms with Crippen LogP contribution in [-0.4, -0.2) is 114 Å². The molecule has 6 atom stereocenters. The molecule has 0 aliphatic carbocycles. The number of piperazine rings is 1. The Kier molecular flexibility index (Phi) is 18.8. The Balaban J connectivity index is 0.00000157. The summed E-state index contributed by atoms with van der Waals surface area (Å²) < 4.78 is 79.3. The highest BCUT2D eigenvalue weighted by atomic mass is 32.2. The van der Waals surface area contributed by atoms with Gasteiger partial charge in [0.15, 0.2) is 0 Å². The number of nitrogens with zero attached hydrogens (tertiary/aromatic N) is 10. The van der Waals surface area contributed by atoms with Crippen LogP contribution in [0.15, 0.2) is 109 Å². The van der Waals surface area contributed by atoms with Gasteiger partial charge in [-0.05, 0) is 80.4 Å². The van der Waals surface area contributed by atoms with Gasteiger partial charge in [0.1, 0.15) is 48.3 Å². The number of hydrogen-bond acceptors (Lipinski definition) is 18. The molecule has 8 rings (SSSR count). The van der Waals surface area contributed by atoms with Crippen LogP contribution in [0.2, 0.25) is 0 Å². The first-order chi connectivity index (χ1) is 36.0. The van der Waals surface area contributed by atoms with E-state index in [1.807, 2.05) is 55.5 Å². The van der Waals surface area contributed by atoms with Crippen molar-refractivity contribution in [3.63, 3.8) is 0 Å². The molecule has 0 spiro atoms. The zero-order chi connectivity index (χ0) is 53.8. The molecular weight excluding hydrogens is 1000 g/mol. The summed E-state index contributed by atoms with van der Waals surface area (Å²) in [6.07, 6.45) is 4.72. The standard InChI is InChI=1S/C49H58F2N11O8.H2O4S/c1-5-44(33(2)63)62-47(65)61(31-55-62)40-11-9-38(10-12-40)57-19-21-58(22-20-57)39-13-15-41(16-14-39)67-26-35-24-49(69-27-35,42-17-8-37(50)23-43(42)51)29-60-32-59(30-54-60)34(3)70-48(66)56(4)46-36(7-6-18-53-46)28-68-45(64)25-52;1-4-5(2)3/h6-18,23,30-35,44,63H,5,19-22,24-29,52H2,1-4H3;1H,(H,2,3)/q+1;/p-2/t33-,34?,35+,44-,49-;/m0./s1. The highest BCUT2D eigenvalue weighted by molar-refractivity contribution is 7.73. The van der Waals surface area contributed by atoms with Crippen LogP contribution in [0, 0.1) is 17.6 Å². The summed E-state index contributed by atoms with van der Waals surface area (Å²) in [4.78, 5) is 48.1. The first kappa shape index (κ1) is 55.5. The van der Waals surface area contributed by atoms with Crippen molar-refractivity contribution in [2.75, 3.05) is 67.7 Å². The molecule has 3 N–H and O–H groups in total. The fraction of sp³-hybridized carbons (Fsp3) is 0.408.